The SMILES string of the molecule is C=C1CCCCN1Cc1ccc(C#N)cc1. The molecule has 1 fully saturated rings. The Morgan fingerprint density at radius 1 is 1.25 bits per heavy atom. The zero-order valence-electron chi connectivity index (χ0n) is 9.45. The van der Waals surface area contributed by atoms with Crippen LogP contribution in [0.3, 0.4) is 0 Å². The van der Waals surface area contributed by atoms with Crippen LogP contribution in [0.2, 0.25) is 0 Å². The maximum atomic E-state index is 8.72. The second kappa shape index (κ2) is 4.85. The predicted octanol–water partition coefficient (Wildman–Crippen LogP) is 3.06. The highest BCUT2D eigenvalue weighted by Crippen LogP contribution is 2.21. The Hall–Kier alpha value is -1.75. The van der Waals surface area contributed by atoms with Crippen LogP contribution in [-0.2, 0) is 6.54 Å². The average molecular weight is 212 g/mol. The van der Waals surface area contributed by atoms with E-state index in [0.29, 0.717) is 0 Å². The predicted molar refractivity (Wildman–Crippen MR) is 64.6 cm³/mol. The summed E-state index contributed by atoms with van der Waals surface area (Å²) in [5.74, 6) is 0. The van der Waals surface area contributed by atoms with E-state index in [9.17, 15) is 0 Å². The summed E-state index contributed by atoms with van der Waals surface area (Å²) in [6.45, 7) is 6.13. The quantitative estimate of drug-likeness (QED) is 0.753. The molecule has 1 aliphatic rings. The molecule has 0 atom stereocenters. The molecule has 1 saturated heterocycles. The molecule has 82 valence electrons. The molecule has 0 amide bonds. The van der Waals surface area contributed by atoms with E-state index in [1.165, 1.54) is 24.1 Å². The average Bonchev–Trinajstić information content (AvgIpc) is 2.33. The number of nitrogens with zero attached hydrogens (tertiary/aromatic N) is 2. The van der Waals surface area contributed by atoms with Crippen molar-refractivity contribution in [2.24, 2.45) is 0 Å². The number of likely N-dealkylation sites (tertiary alicyclic amines) is 1. The third kappa shape index (κ3) is 2.43. The van der Waals surface area contributed by atoms with E-state index < -0.39 is 0 Å². The summed E-state index contributed by atoms with van der Waals surface area (Å²) in [5.41, 5.74) is 3.22. The van der Waals surface area contributed by atoms with Crippen molar-refractivity contribution in [3.63, 3.8) is 0 Å². The normalized spacial score (nSPS) is 15.9. The largest absolute Gasteiger partial charge is 0.371 e. The first-order valence-electron chi connectivity index (χ1n) is 5.71. The van der Waals surface area contributed by atoms with Gasteiger partial charge < -0.3 is 4.90 Å². The molecule has 16 heavy (non-hydrogen) atoms. The van der Waals surface area contributed by atoms with Gasteiger partial charge in [0.25, 0.3) is 0 Å². The van der Waals surface area contributed by atoms with Crippen molar-refractivity contribution in [3.8, 4) is 6.07 Å². The Labute approximate surface area is 96.8 Å². The van der Waals surface area contributed by atoms with Gasteiger partial charge in [0.1, 0.15) is 0 Å². The van der Waals surface area contributed by atoms with Crippen molar-refractivity contribution in [3.05, 3.63) is 47.7 Å². The van der Waals surface area contributed by atoms with Crippen LogP contribution >= 0.6 is 0 Å². The van der Waals surface area contributed by atoms with Crippen molar-refractivity contribution < 1.29 is 0 Å². The van der Waals surface area contributed by atoms with Crippen molar-refractivity contribution in [1.82, 2.24) is 4.90 Å². The first-order valence-corrected chi connectivity index (χ1v) is 5.71. The number of piperidine rings is 1. The van der Waals surface area contributed by atoms with Crippen LogP contribution in [0, 0.1) is 11.3 Å². The maximum Gasteiger partial charge on any atom is 0.0991 e. The summed E-state index contributed by atoms with van der Waals surface area (Å²) in [5, 5.41) is 8.72. The van der Waals surface area contributed by atoms with Gasteiger partial charge in [0.15, 0.2) is 0 Å². The monoisotopic (exact) mass is 212 g/mol. The van der Waals surface area contributed by atoms with E-state index >= 15 is 0 Å². The molecule has 0 saturated carbocycles. The van der Waals surface area contributed by atoms with Crippen LogP contribution in [0.1, 0.15) is 30.4 Å². The number of benzene rings is 1. The summed E-state index contributed by atoms with van der Waals surface area (Å²) >= 11 is 0. The lowest BCUT2D eigenvalue weighted by Gasteiger charge is -2.31. The molecule has 2 nitrogen and oxygen atoms in total. The Kier molecular flexibility index (Phi) is 3.26. The molecule has 0 N–H and O–H groups in total. The summed E-state index contributed by atoms with van der Waals surface area (Å²) in [6, 6.07) is 9.95. The number of allylic oxidation sites excluding steroid dienone is 1. The minimum Gasteiger partial charge on any atom is -0.371 e. The molecule has 2 rings (SSSR count). The lowest BCUT2D eigenvalue weighted by Crippen LogP contribution is -2.26. The van der Waals surface area contributed by atoms with Gasteiger partial charge in [0.05, 0.1) is 11.6 Å². The van der Waals surface area contributed by atoms with E-state index in [0.717, 1.165) is 25.1 Å². The standard InChI is InChI=1S/C14H16N2/c1-12-4-2-3-9-16(12)11-14-7-5-13(10-15)6-8-14/h5-8H,1-4,9,11H2. The maximum absolute atomic E-state index is 8.72. The Balaban J connectivity index is 2.03. The molecule has 0 aliphatic carbocycles. The topological polar surface area (TPSA) is 27.0 Å². The molecule has 0 unspecified atom stereocenters. The van der Waals surface area contributed by atoms with E-state index in [1.807, 2.05) is 24.3 Å². The van der Waals surface area contributed by atoms with Crippen LogP contribution in [0.4, 0.5) is 0 Å². The molecule has 0 spiro atoms. The first-order chi connectivity index (χ1) is 7.79. The zero-order chi connectivity index (χ0) is 11.4. The molecular weight excluding hydrogens is 196 g/mol. The highest BCUT2D eigenvalue weighted by Gasteiger charge is 2.12. The second-order valence-electron chi connectivity index (χ2n) is 4.25. The summed E-state index contributed by atoms with van der Waals surface area (Å²) in [4.78, 5) is 2.34. The van der Waals surface area contributed by atoms with Crippen LogP contribution in [0.15, 0.2) is 36.5 Å². The molecule has 1 heterocycles. The van der Waals surface area contributed by atoms with E-state index in [4.69, 9.17) is 5.26 Å². The number of nitriles is 1. The molecule has 0 bridgehead atoms. The van der Waals surface area contributed by atoms with Crippen LogP contribution in [0.25, 0.3) is 0 Å². The lowest BCUT2D eigenvalue weighted by molar-refractivity contribution is 0.284. The fourth-order valence-electron chi connectivity index (χ4n) is 2.04. The minimum atomic E-state index is 0.723. The van der Waals surface area contributed by atoms with Crippen molar-refractivity contribution in [2.45, 2.75) is 25.8 Å². The summed E-state index contributed by atoms with van der Waals surface area (Å²) in [6.07, 6.45) is 3.65. The first kappa shape index (κ1) is 10.8. The van der Waals surface area contributed by atoms with Crippen LogP contribution in [0.5, 0.6) is 0 Å². The second-order valence-corrected chi connectivity index (χ2v) is 4.25. The smallest absolute Gasteiger partial charge is 0.0991 e. The van der Waals surface area contributed by atoms with Crippen LogP contribution in [-0.4, -0.2) is 11.4 Å². The van der Waals surface area contributed by atoms with Gasteiger partial charge in [-0.1, -0.05) is 18.7 Å². The number of rotatable bonds is 2. The molecule has 1 aliphatic heterocycles. The Bertz CT molecular complexity index is 411. The van der Waals surface area contributed by atoms with E-state index in [2.05, 4.69) is 17.5 Å². The van der Waals surface area contributed by atoms with Gasteiger partial charge in [-0.25, -0.2) is 0 Å². The Morgan fingerprint density at radius 2 is 2.00 bits per heavy atom. The number of hydrogen-bond donors (Lipinski definition) is 0. The van der Waals surface area contributed by atoms with Crippen molar-refractivity contribution >= 4 is 0 Å². The highest BCUT2D eigenvalue weighted by atomic mass is 15.1. The molecule has 1 aromatic rings. The molecule has 2 heteroatoms. The molecule has 0 aromatic heterocycles. The van der Waals surface area contributed by atoms with Gasteiger partial charge in [-0.05, 0) is 37.0 Å². The summed E-state index contributed by atoms with van der Waals surface area (Å²) < 4.78 is 0. The fraction of sp³-hybridized carbons (Fsp3) is 0.357. The lowest BCUT2D eigenvalue weighted by atomic mass is 10.1. The van der Waals surface area contributed by atoms with Gasteiger partial charge in [0, 0.05) is 18.8 Å². The van der Waals surface area contributed by atoms with Gasteiger partial charge >= 0.3 is 0 Å². The summed E-state index contributed by atoms with van der Waals surface area (Å²) in [7, 11) is 0. The van der Waals surface area contributed by atoms with Gasteiger partial charge in [-0.15, -0.1) is 0 Å². The van der Waals surface area contributed by atoms with Gasteiger partial charge in [0.2, 0.25) is 0 Å². The third-order valence-corrected chi connectivity index (χ3v) is 3.05. The van der Waals surface area contributed by atoms with Crippen molar-refractivity contribution in [2.75, 3.05) is 6.54 Å². The zero-order valence-corrected chi connectivity index (χ0v) is 9.45. The van der Waals surface area contributed by atoms with Gasteiger partial charge in [-0.3, -0.25) is 0 Å². The Morgan fingerprint density at radius 3 is 2.62 bits per heavy atom. The van der Waals surface area contributed by atoms with E-state index in [-0.39, 0.29) is 0 Å². The minimum absolute atomic E-state index is 0.723. The van der Waals surface area contributed by atoms with Crippen molar-refractivity contribution in [1.29, 1.82) is 5.26 Å². The molecule has 1 aromatic carbocycles. The number of hydrogen-bond acceptors (Lipinski definition) is 2. The molecular formula is C14H16N2. The van der Waals surface area contributed by atoms with Gasteiger partial charge in [-0.2, -0.15) is 5.26 Å². The fourth-order valence-corrected chi connectivity index (χ4v) is 2.04. The highest BCUT2D eigenvalue weighted by molar-refractivity contribution is 5.31. The molecule has 0 radical (unpaired) electrons. The van der Waals surface area contributed by atoms with Crippen LogP contribution < -0.4 is 0 Å². The third-order valence-electron chi connectivity index (χ3n) is 3.05. The van der Waals surface area contributed by atoms with E-state index in [1.54, 1.807) is 0 Å².